The van der Waals surface area contributed by atoms with Crippen LogP contribution in [-0.4, -0.2) is 48.5 Å². The van der Waals surface area contributed by atoms with Crippen LogP contribution in [0.3, 0.4) is 0 Å². The highest BCUT2D eigenvalue weighted by Gasteiger charge is 2.48. The van der Waals surface area contributed by atoms with Gasteiger partial charge in [0.2, 0.25) is 12.7 Å². The number of amides is 2. The number of hydrogen-bond acceptors (Lipinski definition) is 6. The van der Waals surface area contributed by atoms with E-state index in [1.54, 1.807) is 24.3 Å². The Morgan fingerprint density at radius 1 is 1.22 bits per heavy atom. The van der Waals surface area contributed by atoms with E-state index >= 15 is 0 Å². The Balaban J connectivity index is 2.12. The zero-order chi connectivity index (χ0) is 23.9. The molecule has 0 spiro atoms. The summed E-state index contributed by atoms with van der Waals surface area (Å²) in [5, 5.41) is 2.95. The van der Waals surface area contributed by atoms with Gasteiger partial charge in [0, 0.05) is 31.0 Å². The third kappa shape index (κ3) is 5.59. The number of likely N-dealkylation sites (N-methyl/N-ethyl adjacent to an activating group) is 1. The van der Waals surface area contributed by atoms with E-state index < -0.39 is 30.4 Å². The van der Waals surface area contributed by atoms with Crippen molar-refractivity contribution in [2.24, 2.45) is 5.92 Å². The van der Waals surface area contributed by atoms with Gasteiger partial charge < -0.3 is 14.8 Å². The summed E-state index contributed by atoms with van der Waals surface area (Å²) in [5.41, 5.74) is -0.696. The van der Waals surface area contributed by atoms with Gasteiger partial charge in [-0.15, -0.1) is 0 Å². The molecule has 0 saturated heterocycles. The van der Waals surface area contributed by atoms with Gasteiger partial charge >= 0.3 is 12.1 Å². The molecular weight excluding hydrogens is 436 g/mol. The summed E-state index contributed by atoms with van der Waals surface area (Å²) >= 11 is 6.39. The van der Waals surface area contributed by atoms with Crippen LogP contribution < -0.4 is 5.32 Å². The highest BCUT2D eigenvalue weighted by molar-refractivity contribution is 6.31. The minimum atomic E-state index is -1.24. The molecule has 0 bridgehead atoms. The second-order valence-corrected chi connectivity index (χ2v) is 8.49. The number of benzene rings is 1. The van der Waals surface area contributed by atoms with Crippen molar-refractivity contribution in [3.63, 3.8) is 0 Å². The van der Waals surface area contributed by atoms with Gasteiger partial charge in [0.25, 0.3) is 0 Å². The molecule has 32 heavy (non-hydrogen) atoms. The fraction of sp³-hybridized carbons (Fsp3) is 0.565. The number of carbonyl (C=O) groups excluding carboxylic acids is 4. The molecule has 0 heterocycles. The molecule has 1 fully saturated rings. The second kappa shape index (κ2) is 11.3. The summed E-state index contributed by atoms with van der Waals surface area (Å²) < 4.78 is 10.3. The van der Waals surface area contributed by atoms with Crippen LogP contribution in [0.1, 0.15) is 58.4 Å². The first kappa shape index (κ1) is 25.6. The highest BCUT2D eigenvalue weighted by atomic mass is 35.5. The molecule has 0 radical (unpaired) electrons. The van der Waals surface area contributed by atoms with E-state index in [0.717, 1.165) is 12.8 Å². The Bertz CT molecular complexity index is 861. The van der Waals surface area contributed by atoms with Crippen molar-refractivity contribution in [1.82, 2.24) is 10.2 Å². The van der Waals surface area contributed by atoms with E-state index in [9.17, 15) is 19.2 Å². The number of nitrogens with zero attached hydrogens (tertiary/aromatic N) is 1. The summed E-state index contributed by atoms with van der Waals surface area (Å²) in [6.45, 7) is 4.37. The van der Waals surface area contributed by atoms with Crippen molar-refractivity contribution >= 4 is 35.4 Å². The fourth-order valence-electron chi connectivity index (χ4n) is 4.00. The first-order chi connectivity index (χ1) is 15.1. The average molecular weight is 467 g/mol. The summed E-state index contributed by atoms with van der Waals surface area (Å²) in [7, 11) is 1.48. The van der Waals surface area contributed by atoms with Gasteiger partial charge in [-0.2, -0.15) is 0 Å². The SMILES string of the molecule is CC[C@@H](C)[C@H](NC(C)=O)C(=O)OCOC(=O)N(C)C1(c2ccccc2Cl)CCCCC1=O. The van der Waals surface area contributed by atoms with Gasteiger partial charge in [-0.3, -0.25) is 14.5 Å². The van der Waals surface area contributed by atoms with Gasteiger partial charge in [0.05, 0.1) is 0 Å². The summed E-state index contributed by atoms with van der Waals surface area (Å²) in [5.74, 6) is -1.33. The number of hydrogen-bond donors (Lipinski definition) is 1. The number of ether oxygens (including phenoxy) is 2. The standard InChI is InChI=1S/C23H31ClN2O6/c1-5-15(2)20(25-16(3)27)21(29)31-14-32-22(30)26(4)23(13-9-8-12-19(23)28)17-10-6-7-11-18(17)24/h6-7,10-11,15,20H,5,8-9,12-14H2,1-4H3,(H,25,27)/t15-,20+,23?/m1/s1. The zero-order valence-corrected chi connectivity index (χ0v) is 19.7. The predicted molar refractivity (Wildman–Crippen MR) is 119 cm³/mol. The topological polar surface area (TPSA) is 102 Å². The van der Waals surface area contributed by atoms with Crippen LogP contribution >= 0.6 is 11.6 Å². The maximum Gasteiger partial charge on any atom is 0.413 e. The first-order valence-electron chi connectivity index (χ1n) is 10.8. The third-order valence-corrected chi connectivity index (χ3v) is 6.36. The van der Waals surface area contributed by atoms with Crippen molar-refractivity contribution in [1.29, 1.82) is 0 Å². The molecule has 1 aromatic rings. The van der Waals surface area contributed by atoms with Crippen LogP contribution in [0.15, 0.2) is 24.3 Å². The van der Waals surface area contributed by atoms with E-state index in [1.807, 2.05) is 13.8 Å². The smallest absolute Gasteiger partial charge is 0.413 e. The van der Waals surface area contributed by atoms with E-state index in [-0.39, 0.29) is 17.6 Å². The summed E-state index contributed by atoms with van der Waals surface area (Å²) in [6.07, 6.45) is 2.06. The van der Waals surface area contributed by atoms with Crippen LogP contribution in [0.4, 0.5) is 4.79 Å². The molecule has 2 amide bonds. The number of Topliss-reactive ketones (excluding diaryl/α,β-unsaturated/α-hetero) is 1. The van der Waals surface area contributed by atoms with Gasteiger partial charge in [-0.25, -0.2) is 9.59 Å². The molecule has 9 heteroatoms. The molecule has 8 nitrogen and oxygen atoms in total. The lowest BCUT2D eigenvalue weighted by atomic mass is 9.74. The molecule has 1 aromatic carbocycles. The van der Waals surface area contributed by atoms with E-state index in [0.29, 0.717) is 29.8 Å². The molecule has 1 aliphatic carbocycles. The molecule has 1 N–H and O–H groups in total. The molecule has 176 valence electrons. The lowest BCUT2D eigenvalue weighted by Gasteiger charge is -2.43. The molecule has 2 rings (SSSR count). The van der Waals surface area contributed by atoms with Crippen molar-refractivity contribution in [3.05, 3.63) is 34.9 Å². The summed E-state index contributed by atoms with van der Waals surface area (Å²) in [4.78, 5) is 50.9. The van der Waals surface area contributed by atoms with Crippen molar-refractivity contribution in [3.8, 4) is 0 Å². The molecular formula is C23H31ClN2O6. The molecule has 0 aliphatic heterocycles. The Kier molecular flexibility index (Phi) is 9.07. The quantitative estimate of drug-likeness (QED) is 0.462. The molecule has 1 saturated carbocycles. The number of esters is 1. The predicted octanol–water partition coefficient (Wildman–Crippen LogP) is 3.80. The maximum atomic E-state index is 13.1. The average Bonchev–Trinajstić information content (AvgIpc) is 2.77. The second-order valence-electron chi connectivity index (χ2n) is 8.08. The number of nitrogens with one attached hydrogen (secondary N) is 1. The van der Waals surface area contributed by atoms with Gasteiger partial charge in [0.1, 0.15) is 11.6 Å². The van der Waals surface area contributed by atoms with E-state index in [1.165, 1.54) is 18.9 Å². The minimum absolute atomic E-state index is 0.115. The molecule has 1 aliphatic rings. The molecule has 0 aromatic heterocycles. The van der Waals surface area contributed by atoms with Crippen molar-refractivity contribution < 1.29 is 28.7 Å². The lowest BCUT2D eigenvalue weighted by Crippen LogP contribution is -2.54. The summed E-state index contributed by atoms with van der Waals surface area (Å²) in [6, 6.07) is 6.09. The Morgan fingerprint density at radius 2 is 1.91 bits per heavy atom. The third-order valence-electron chi connectivity index (χ3n) is 6.03. The maximum absolute atomic E-state index is 13.1. The lowest BCUT2D eigenvalue weighted by molar-refractivity contribution is -0.158. The largest absolute Gasteiger partial charge is 0.426 e. The number of carbonyl (C=O) groups is 4. The van der Waals surface area contributed by atoms with Gasteiger partial charge in [-0.1, -0.05) is 50.1 Å². The van der Waals surface area contributed by atoms with E-state index in [4.69, 9.17) is 21.1 Å². The monoisotopic (exact) mass is 466 g/mol. The van der Waals surface area contributed by atoms with Crippen LogP contribution in [0.2, 0.25) is 5.02 Å². The number of ketones is 1. The van der Waals surface area contributed by atoms with E-state index in [2.05, 4.69) is 5.32 Å². The Labute approximate surface area is 193 Å². The fourth-order valence-corrected chi connectivity index (χ4v) is 4.29. The zero-order valence-electron chi connectivity index (χ0n) is 19.0. The molecule has 1 unspecified atom stereocenters. The normalized spacial score (nSPS) is 20.1. The van der Waals surface area contributed by atoms with Crippen LogP contribution in [0.5, 0.6) is 0 Å². The number of halogens is 1. The van der Waals surface area contributed by atoms with Crippen LogP contribution in [-0.2, 0) is 29.4 Å². The highest BCUT2D eigenvalue weighted by Crippen LogP contribution is 2.42. The Morgan fingerprint density at radius 3 is 2.50 bits per heavy atom. The molecule has 3 atom stereocenters. The van der Waals surface area contributed by atoms with Gasteiger partial charge in [0.15, 0.2) is 5.78 Å². The van der Waals surface area contributed by atoms with Crippen LogP contribution in [0.25, 0.3) is 0 Å². The van der Waals surface area contributed by atoms with Gasteiger partial charge in [-0.05, 0) is 31.2 Å². The van der Waals surface area contributed by atoms with Crippen molar-refractivity contribution in [2.75, 3.05) is 13.8 Å². The minimum Gasteiger partial charge on any atom is -0.426 e. The van der Waals surface area contributed by atoms with Crippen molar-refractivity contribution in [2.45, 2.75) is 64.5 Å². The van der Waals surface area contributed by atoms with Crippen LogP contribution in [0, 0.1) is 5.92 Å². The Hall–Kier alpha value is -2.61. The first-order valence-corrected chi connectivity index (χ1v) is 11.2. The number of rotatable bonds is 8.